The number of nitrogens with one attached hydrogen (secondary N) is 1. The standard InChI is InChI=1S/C14H21NOS/c1-10(2)15-9-14(16)12-5-7-13(8-6-12)17-11(3)4/h5-8,10-11,15H,9H2,1-4H3. The largest absolute Gasteiger partial charge is 0.307 e. The van der Waals surface area contributed by atoms with Gasteiger partial charge in [-0.1, -0.05) is 39.8 Å². The van der Waals surface area contributed by atoms with Crippen LogP contribution in [0, 0.1) is 0 Å². The van der Waals surface area contributed by atoms with Gasteiger partial charge in [-0.2, -0.15) is 0 Å². The lowest BCUT2D eigenvalue weighted by molar-refractivity contribution is 0.0988. The number of hydrogen-bond acceptors (Lipinski definition) is 3. The summed E-state index contributed by atoms with van der Waals surface area (Å²) in [5.41, 5.74) is 0.784. The third-order valence-electron chi connectivity index (χ3n) is 2.22. The number of Topliss-reactive ketones (excluding diaryl/α,β-unsaturated/α-hetero) is 1. The maximum absolute atomic E-state index is 11.8. The zero-order chi connectivity index (χ0) is 12.8. The van der Waals surface area contributed by atoms with Gasteiger partial charge in [-0.15, -0.1) is 11.8 Å². The number of carbonyl (C=O) groups is 1. The average Bonchev–Trinajstić information content (AvgIpc) is 2.26. The van der Waals surface area contributed by atoms with E-state index in [0.717, 1.165) is 5.56 Å². The van der Waals surface area contributed by atoms with Crippen LogP contribution in [0.2, 0.25) is 0 Å². The summed E-state index contributed by atoms with van der Waals surface area (Å²) in [6, 6.07) is 8.21. The molecule has 0 aliphatic carbocycles. The molecule has 0 radical (unpaired) electrons. The minimum absolute atomic E-state index is 0.153. The van der Waals surface area contributed by atoms with Crippen LogP contribution in [-0.4, -0.2) is 23.6 Å². The Labute approximate surface area is 108 Å². The summed E-state index contributed by atoms with van der Waals surface area (Å²) in [7, 11) is 0. The molecule has 0 heterocycles. The van der Waals surface area contributed by atoms with Gasteiger partial charge in [-0.3, -0.25) is 4.79 Å². The van der Waals surface area contributed by atoms with Gasteiger partial charge in [-0.05, 0) is 12.1 Å². The second-order valence-corrected chi connectivity index (χ2v) is 6.30. The average molecular weight is 251 g/mol. The van der Waals surface area contributed by atoms with Crippen LogP contribution in [0.4, 0.5) is 0 Å². The van der Waals surface area contributed by atoms with Gasteiger partial charge in [0.1, 0.15) is 0 Å². The molecule has 0 spiro atoms. The van der Waals surface area contributed by atoms with E-state index in [1.807, 2.05) is 49.9 Å². The van der Waals surface area contributed by atoms with Gasteiger partial charge in [-0.25, -0.2) is 0 Å². The molecule has 0 amide bonds. The van der Waals surface area contributed by atoms with Crippen LogP contribution >= 0.6 is 11.8 Å². The van der Waals surface area contributed by atoms with Crippen LogP contribution in [0.1, 0.15) is 38.1 Å². The number of thioether (sulfide) groups is 1. The van der Waals surface area contributed by atoms with Crippen molar-refractivity contribution in [3.8, 4) is 0 Å². The molecule has 1 N–H and O–H groups in total. The molecule has 2 nitrogen and oxygen atoms in total. The molecule has 17 heavy (non-hydrogen) atoms. The smallest absolute Gasteiger partial charge is 0.176 e. The quantitative estimate of drug-likeness (QED) is 0.621. The van der Waals surface area contributed by atoms with E-state index in [2.05, 4.69) is 19.2 Å². The van der Waals surface area contributed by atoms with E-state index in [0.29, 0.717) is 17.8 Å². The van der Waals surface area contributed by atoms with Crippen LogP contribution in [0.3, 0.4) is 0 Å². The van der Waals surface area contributed by atoms with E-state index in [1.165, 1.54) is 4.90 Å². The van der Waals surface area contributed by atoms with Crippen LogP contribution in [0.5, 0.6) is 0 Å². The van der Waals surface area contributed by atoms with Gasteiger partial charge in [0, 0.05) is 21.8 Å². The second-order valence-electron chi connectivity index (χ2n) is 4.65. The summed E-state index contributed by atoms with van der Waals surface area (Å²) in [6.07, 6.45) is 0. The van der Waals surface area contributed by atoms with E-state index in [9.17, 15) is 4.79 Å². The SMILES string of the molecule is CC(C)NCC(=O)c1ccc(SC(C)C)cc1. The molecule has 3 heteroatoms. The zero-order valence-electron chi connectivity index (χ0n) is 11.0. The molecule has 0 aliphatic heterocycles. The maximum Gasteiger partial charge on any atom is 0.176 e. The van der Waals surface area contributed by atoms with Gasteiger partial charge in [0.2, 0.25) is 0 Å². The molecule has 0 saturated carbocycles. The van der Waals surface area contributed by atoms with Crippen molar-refractivity contribution < 1.29 is 4.79 Å². The monoisotopic (exact) mass is 251 g/mol. The molecule has 1 rings (SSSR count). The number of hydrogen-bond donors (Lipinski definition) is 1. The fourth-order valence-electron chi connectivity index (χ4n) is 1.39. The molecular weight excluding hydrogens is 230 g/mol. The Balaban J connectivity index is 2.57. The lowest BCUT2D eigenvalue weighted by Crippen LogP contribution is -2.29. The van der Waals surface area contributed by atoms with Gasteiger partial charge < -0.3 is 5.32 Å². The molecule has 0 unspecified atom stereocenters. The molecule has 0 bridgehead atoms. The molecular formula is C14H21NOS. The molecule has 0 saturated heterocycles. The Morgan fingerprint density at radius 1 is 1.18 bits per heavy atom. The summed E-state index contributed by atoms with van der Waals surface area (Å²) in [4.78, 5) is 13.0. The lowest BCUT2D eigenvalue weighted by atomic mass is 10.1. The second kappa shape index (κ2) is 6.82. The van der Waals surface area contributed by atoms with E-state index < -0.39 is 0 Å². The van der Waals surface area contributed by atoms with Crippen molar-refractivity contribution in [1.82, 2.24) is 5.32 Å². The Morgan fingerprint density at radius 2 is 1.76 bits per heavy atom. The van der Waals surface area contributed by atoms with Crippen LogP contribution in [0.25, 0.3) is 0 Å². The third kappa shape index (κ3) is 5.37. The first kappa shape index (κ1) is 14.3. The topological polar surface area (TPSA) is 29.1 Å². The Hall–Kier alpha value is -0.800. The summed E-state index contributed by atoms with van der Waals surface area (Å²) in [5.74, 6) is 0.153. The van der Waals surface area contributed by atoms with Crippen molar-refractivity contribution in [1.29, 1.82) is 0 Å². The highest BCUT2D eigenvalue weighted by molar-refractivity contribution is 7.99. The van der Waals surface area contributed by atoms with Crippen LogP contribution in [0.15, 0.2) is 29.2 Å². The molecule has 0 aliphatic rings. The van der Waals surface area contributed by atoms with Crippen molar-refractivity contribution in [2.24, 2.45) is 0 Å². The van der Waals surface area contributed by atoms with Crippen molar-refractivity contribution in [2.45, 2.75) is 43.9 Å². The summed E-state index contributed by atoms with van der Waals surface area (Å²) in [5, 5.41) is 3.70. The van der Waals surface area contributed by atoms with Crippen LogP contribution in [-0.2, 0) is 0 Å². The van der Waals surface area contributed by atoms with Crippen molar-refractivity contribution in [3.05, 3.63) is 29.8 Å². The first-order valence-electron chi connectivity index (χ1n) is 6.02. The van der Waals surface area contributed by atoms with E-state index in [4.69, 9.17) is 0 Å². The number of rotatable bonds is 6. The zero-order valence-corrected chi connectivity index (χ0v) is 11.8. The number of ketones is 1. The molecule has 94 valence electrons. The Kier molecular flexibility index (Phi) is 5.72. The first-order chi connectivity index (χ1) is 7.99. The Morgan fingerprint density at radius 3 is 2.24 bits per heavy atom. The van der Waals surface area contributed by atoms with Crippen molar-refractivity contribution in [2.75, 3.05) is 6.54 Å². The predicted molar refractivity (Wildman–Crippen MR) is 74.9 cm³/mol. The van der Waals surface area contributed by atoms with Crippen molar-refractivity contribution in [3.63, 3.8) is 0 Å². The van der Waals surface area contributed by atoms with Gasteiger partial charge >= 0.3 is 0 Å². The molecule has 0 aromatic heterocycles. The first-order valence-corrected chi connectivity index (χ1v) is 6.90. The van der Waals surface area contributed by atoms with Gasteiger partial charge in [0.15, 0.2) is 5.78 Å². The summed E-state index contributed by atoms with van der Waals surface area (Å²) in [6.45, 7) is 8.81. The highest BCUT2D eigenvalue weighted by Gasteiger charge is 2.06. The summed E-state index contributed by atoms with van der Waals surface area (Å²) >= 11 is 1.81. The normalized spacial score (nSPS) is 11.2. The van der Waals surface area contributed by atoms with Crippen LogP contribution < -0.4 is 5.32 Å². The molecule has 0 atom stereocenters. The third-order valence-corrected chi connectivity index (χ3v) is 3.23. The van der Waals surface area contributed by atoms with Gasteiger partial charge in [0.05, 0.1) is 6.54 Å². The highest BCUT2D eigenvalue weighted by atomic mass is 32.2. The molecule has 0 fully saturated rings. The fraction of sp³-hybridized carbons (Fsp3) is 0.500. The fourth-order valence-corrected chi connectivity index (χ4v) is 2.23. The highest BCUT2D eigenvalue weighted by Crippen LogP contribution is 2.22. The number of carbonyl (C=O) groups excluding carboxylic acids is 1. The van der Waals surface area contributed by atoms with E-state index >= 15 is 0 Å². The number of benzene rings is 1. The Bertz CT molecular complexity index is 357. The minimum Gasteiger partial charge on any atom is -0.307 e. The maximum atomic E-state index is 11.8. The van der Waals surface area contributed by atoms with E-state index in [1.54, 1.807) is 0 Å². The summed E-state index contributed by atoms with van der Waals surface area (Å²) < 4.78 is 0. The molecule has 1 aromatic rings. The lowest BCUT2D eigenvalue weighted by Gasteiger charge is -2.08. The van der Waals surface area contributed by atoms with Gasteiger partial charge in [0.25, 0.3) is 0 Å². The van der Waals surface area contributed by atoms with Crippen molar-refractivity contribution >= 4 is 17.5 Å². The van der Waals surface area contributed by atoms with E-state index in [-0.39, 0.29) is 5.78 Å². The minimum atomic E-state index is 0.153. The molecule has 1 aromatic carbocycles. The predicted octanol–water partition coefficient (Wildman–Crippen LogP) is 3.37.